The van der Waals surface area contributed by atoms with E-state index in [1.165, 1.54) is 7.11 Å². The predicted molar refractivity (Wildman–Crippen MR) is 85.2 cm³/mol. The van der Waals surface area contributed by atoms with Gasteiger partial charge in [-0.25, -0.2) is 0 Å². The molecule has 0 aliphatic heterocycles. The molecule has 2 aromatic rings. The summed E-state index contributed by atoms with van der Waals surface area (Å²) in [5.74, 6) is 0.401. The van der Waals surface area contributed by atoms with Crippen LogP contribution in [0.5, 0.6) is 5.75 Å². The lowest BCUT2D eigenvalue weighted by atomic mass is 10.0. The molecule has 0 radical (unpaired) electrons. The first-order valence-electron chi connectivity index (χ1n) is 5.82. The molecule has 0 aliphatic carbocycles. The molecule has 5 heteroatoms. The molecule has 0 unspecified atom stereocenters. The standard InChI is InChI=1S/C15H11BrCl2O2/c1-20-15-8-11(17)4-5-12(15)14(19)6-9-2-3-10(16)7-13(9)18/h2-5,7-8H,6H2,1H3. The highest BCUT2D eigenvalue weighted by Gasteiger charge is 2.15. The van der Waals surface area contributed by atoms with Gasteiger partial charge in [-0.05, 0) is 35.9 Å². The first-order valence-corrected chi connectivity index (χ1v) is 7.37. The van der Waals surface area contributed by atoms with E-state index in [1.54, 1.807) is 24.3 Å². The Hall–Kier alpha value is -1.03. The number of methoxy groups -OCH3 is 1. The van der Waals surface area contributed by atoms with Crippen LogP contribution in [0.2, 0.25) is 10.0 Å². The van der Waals surface area contributed by atoms with Gasteiger partial charge in [0.15, 0.2) is 5.78 Å². The van der Waals surface area contributed by atoms with E-state index in [4.69, 9.17) is 27.9 Å². The first-order chi connectivity index (χ1) is 9.51. The first kappa shape index (κ1) is 15.4. The Kier molecular flexibility index (Phi) is 5.08. The highest BCUT2D eigenvalue weighted by molar-refractivity contribution is 9.10. The smallest absolute Gasteiger partial charge is 0.171 e. The van der Waals surface area contributed by atoms with E-state index < -0.39 is 0 Å². The molecule has 0 aliphatic rings. The molecule has 2 aromatic carbocycles. The zero-order valence-corrected chi connectivity index (χ0v) is 13.7. The molecule has 0 N–H and O–H groups in total. The third kappa shape index (κ3) is 3.54. The van der Waals surface area contributed by atoms with Crippen molar-refractivity contribution >= 4 is 44.9 Å². The van der Waals surface area contributed by atoms with Crippen molar-refractivity contribution in [1.82, 2.24) is 0 Å². The van der Waals surface area contributed by atoms with E-state index >= 15 is 0 Å². The second-order valence-electron chi connectivity index (χ2n) is 4.18. The second-order valence-corrected chi connectivity index (χ2v) is 5.94. The summed E-state index contributed by atoms with van der Waals surface area (Å²) in [5.41, 5.74) is 1.27. The molecule has 0 aromatic heterocycles. The van der Waals surface area contributed by atoms with Crippen molar-refractivity contribution in [3.63, 3.8) is 0 Å². The van der Waals surface area contributed by atoms with E-state index in [0.717, 1.165) is 10.0 Å². The average Bonchev–Trinajstić information content (AvgIpc) is 2.41. The summed E-state index contributed by atoms with van der Waals surface area (Å²) >= 11 is 15.3. The lowest BCUT2D eigenvalue weighted by Gasteiger charge is -2.09. The Labute approximate surface area is 135 Å². The van der Waals surface area contributed by atoms with Crippen molar-refractivity contribution in [3.8, 4) is 5.75 Å². The van der Waals surface area contributed by atoms with Crippen LogP contribution >= 0.6 is 39.1 Å². The van der Waals surface area contributed by atoms with Crippen LogP contribution in [0.25, 0.3) is 0 Å². The van der Waals surface area contributed by atoms with Crippen LogP contribution in [0.4, 0.5) is 0 Å². The minimum Gasteiger partial charge on any atom is -0.496 e. The van der Waals surface area contributed by atoms with Gasteiger partial charge in [-0.2, -0.15) is 0 Å². The van der Waals surface area contributed by atoms with E-state index in [2.05, 4.69) is 15.9 Å². The van der Waals surface area contributed by atoms with Crippen LogP contribution in [0.15, 0.2) is 40.9 Å². The number of hydrogen-bond acceptors (Lipinski definition) is 2. The van der Waals surface area contributed by atoms with E-state index in [1.807, 2.05) is 12.1 Å². The summed E-state index contributed by atoms with van der Waals surface area (Å²) in [6.45, 7) is 0. The van der Waals surface area contributed by atoms with Gasteiger partial charge in [-0.3, -0.25) is 4.79 Å². The molecule has 20 heavy (non-hydrogen) atoms. The maximum Gasteiger partial charge on any atom is 0.171 e. The van der Waals surface area contributed by atoms with Crippen molar-refractivity contribution < 1.29 is 9.53 Å². The van der Waals surface area contributed by atoms with Gasteiger partial charge in [0, 0.05) is 20.9 Å². The van der Waals surface area contributed by atoms with Crippen molar-refractivity contribution in [1.29, 1.82) is 0 Å². The van der Waals surface area contributed by atoms with Gasteiger partial charge in [0.2, 0.25) is 0 Å². The summed E-state index contributed by atoms with van der Waals surface area (Å²) in [5, 5.41) is 1.08. The van der Waals surface area contributed by atoms with E-state index in [0.29, 0.717) is 21.4 Å². The lowest BCUT2D eigenvalue weighted by Crippen LogP contribution is -2.06. The van der Waals surface area contributed by atoms with Crippen molar-refractivity contribution in [3.05, 3.63) is 62.0 Å². The maximum atomic E-state index is 12.3. The Balaban J connectivity index is 2.28. The molecular weight excluding hydrogens is 363 g/mol. The molecular formula is C15H11BrCl2O2. The molecule has 0 heterocycles. The summed E-state index contributed by atoms with van der Waals surface area (Å²) in [7, 11) is 1.51. The Morgan fingerprint density at radius 2 is 1.95 bits per heavy atom. The van der Waals surface area contributed by atoms with Gasteiger partial charge >= 0.3 is 0 Å². The van der Waals surface area contributed by atoms with Crippen LogP contribution in [-0.4, -0.2) is 12.9 Å². The fourth-order valence-corrected chi connectivity index (χ4v) is 2.73. The number of carbonyl (C=O) groups excluding carboxylic acids is 1. The topological polar surface area (TPSA) is 26.3 Å². The highest BCUT2D eigenvalue weighted by Crippen LogP contribution is 2.27. The molecule has 0 saturated carbocycles. The summed E-state index contributed by atoms with van der Waals surface area (Å²) < 4.78 is 6.07. The molecule has 2 rings (SSSR count). The average molecular weight is 374 g/mol. The van der Waals surface area contributed by atoms with Crippen LogP contribution < -0.4 is 4.74 Å². The quantitative estimate of drug-likeness (QED) is 0.689. The van der Waals surface area contributed by atoms with Crippen molar-refractivity contribution in [2.75, 3.05) is 7.11 Å². The van der Waals surface area contributed by atoms with Gasteiger partial charge in [0.1, 0.15) is 5.75 Å². The molecule has 0 spiro atoms. The number of benzene rings is 2. The summed E-state index contributed by atoms with van der Waals surface area (Å²) in [6, 6.07) is 10.4. The normalized spacial score (nSPS) is 10.4. The number of ether oxygens (including phenoxy) is 1. The minimum absolute atomic E-state index is 0.0669. The summed E-state index contributed by atoms with van der Waals surface area (Å²) in [4.78, 5) is 12.3. The van der Waals surface area contributed by atoms with E-state index in [-0.39, 0.29) is 12.2 Å². The monoisotopic (exact) mass is 372 g/mol. The SMILES string of the molecule is COc1cc(Cl)ccc1C(=O)Cc1ccc(Br)cc1Cl. The number of Topliss-reactive ketones (excluding diaryl/α,β-unsaturated/α-hetero) is 1. The fraction of sp³-hybridized carbons (Fsp3) is 0.133. The fourth-order valence-electron chi connectivity index (χ4n) is 1.83. The Morgan fingerprint density at radius 1 is 1.20 bits per heavy atom. The second kappa shape index (κ2) is 6.61. The molecule has 0 saturated heterocycles. The number of rotatable bonds is 4. The van der Waals surface area contributed by atoms with Crippen LogP contribution in [0, 0.1) is 0 Å². The zero-order chi connectivity index (χ0) is 14.7. The van der Waals surface area contributed by atoms with Crippen LogP contribution in [0.1, 0.15) is 15.9 Å². The van der Waals surface area contributed by atoms with Crippen LogP contribution in [-0.2, 0) is 6.42 Å². The van der Waals surface area contributed by atoms with E-state index in [9.17, 15) is 4.79 Å². The van der Waals surface area contributed by atoms with Crippen molar-refractivity contribution in [2.45, 2.75) is 6.42 Å². The third-order valence-electron chi connectivity index (χ3n) is 2.83. The largest absolute Gasteiger partial charge is 0.496 e. The highest BCUT2D eigenvalue weighted by atomic mass is 79.9. The third-order valence-corrected chi connectivity index (χ3v) is 3.91. The molecule has 2 nitrogen and oxygen atoms in total. The molecule has 0 bridgehead atoms. The number of halogens is 3. The molecule has 0 amide bonds. The lowest BCUT2D eigenvalue weighted by molar-refractivity contribution is 0.0990. The van der Waals surface area contributed by atoms with Gasteiger partial charge < -0.3 is 4.74 Å². The van der Waals surface area contributed by atoms with Gasteiger partial charge in [0.25, 0.3) is 0 Å². The molecule has 0 fully saturated rings. The molecule has 0 atom stereocenters. The van der Waals surface area contributed by atoms with Gasteiger partial charge in [-0.15, -0.1) is 0 Å². The number of hydrogen-bond donors (Lipinski definition) is 0. The number of carbonyl (C=O) groups is 1. The summed E-state index contributed by atoms with van der Waals surface area (Å²) in [6.07, 6.45) is 0.212. The maximum absolute atomic E-state index is 12.3. The molecule has 104 valence electrons. The van der Waals surface area contributed by atoms with Crippen LogP contribution in [0.3, 0.4) is 0 Å². The zero-order valence-electron chi connectivity index (χ0n) is 10.6. The van der Waals surface area contributed by atoms with Gasteiger partial charge in [-0.1, -0.05) is 45.2 Å². The predicted octanol–water partition coefficient (Wildman–Crippen LogP) is 5.19. The van der Waals surface area contributed by atoms with Gasteiger partial charge in [0.05, 0.1) is 12.7 Å². The minimum atomic E-state index is -0.0669. The number of ketones is 1. The Bertz CT molecular complexity index is 656. The Morgan fingerprint density at radius 3 is 2.60 bits per heavy atom. The van der Waals surface area contributed by atoms with Crippen molar-refractivity contribution in [2.24, 2.45) is 0 Å².